The van der Waals surface area contributed by atoms with E-state index in [1.807, 2.05) is 18.2 Å². The van der Waals surface area contributed by atoms with Gasteiger partial charge in [0.2, 0.25) is 0 Å². The Morgan fingerprint density at radius 3 is 2.74 bits per heavy atom. The maximum atomic E-state index is 12.5. The lowest BCUT2D eigenvalue weighted by Crippen LogP contribution is -2.74. The van der Waals surface area contributed by atoms with Crippen molar-refractivity contribution in [3.05, 3.63) is 64.7 Å². The molecular weight excluding hydrogens is 430 g/mol. The molecule has 2 bridgehead atoms. The molecule has 176 valence electrons. The third kappa shape index (κ3) is 2.50. The largest absolute Gasteiger partial charge is 0.504 e. The SMILES string of the molecule is COC(=O)c1ccc(C2=CC[C@@]3(O)[C@H]4Cc5ccc(O)c6c5[C@@]3(CCN4CC3CC3)[C@H]2O6)cc1. The Kier molecular flexibility index (Phi) is 4.14. The van der Waals surface area contributed by atoms with Crippen molar-refractivity contribution < 1.29 is 24.5 Å². The number of aromatic hydroxyl groups is 1. The van der Waals surface area contributed by atoms with Crippen molar-refractivity contribution in [2.45, 2.75) is 55.3 Å². The van der Waals surface area contributed by atoms with Gasteiger partial charge < -0.3 is 19.7 Å². The van der Waals surface area contributed by atoms with E-state index in [9.17, 15) is 15.0 Å². The molecule has 1 saturated heterocycles. The van der Waals surface area contributed by atoms with Crippen LogP contribution in [0.5, 0.6) is 11.5 Å². The maximum Gasteiger partial charge on any atom is 0.337 e. The van der Waals surface area contributed by atoms with E-state index in [0.29, 0.717) is 17.7 Å². The van der Waals surface area contributed by atoms with Crippen LogP contribution in [0.2, 0.25) is 0 Å². The van der Waals surface area contributed by atoms with Crippen LogP contribution in [0.1, 0.15) is 52.7 Å². The highest BCUT2D eigenvalue weighted by Crippen LogP contribution is 2.66. The number of rotatable bonds is 4. The number of likely N-dealkylation sites (tertiary alicyclic amines) is 1. The molecule has 0 amide bonds. The number of nitrogens with zero attached hydrogens (tertiary/aromatic N) is 1. The third-order valence-corrected chi connectivity index (χ3v) is 9.07. The van der Waals surface area contributed by atoms with Gasteiger partial charge in [-0.25, -0.2) is 4.79 Å². The van der Waals surface area contributed by atoms with Gasteiger partial charge in [-0.3, -0.25) is 4.90 Å². The van der Waals surface area contributed by atoms with E-state index in [1.165, 1.54) is 25.5 Å². The molecule has 0 unspecified atom stereocenters. The highest BCUT2D eigenvalue weighted by atomic mass is 16.5. The average Bonchev–Trinajstić information content (AvgIpc) is 3.59. The summed E-state index contributed by atoms with van der Waals surface area (Å²) in [7, 11) is 1.38. The quantitative estimate of drug-likeness (QED) is 0.682. The zero-order valence-electron chi connectivity index (χ0n) is 19.3. The number of methoxy groups -OCH3 is 1. The van der Waals surface area contributed by atoms with E-state index in [4.69, 9.17) is 9.47 Å². The molecule has 2 aromatic carbocycles. The number of carbonyl (C=O) groups is 1. The van der Waals surface area contributed by atoms with Gasteiger partial charge in [-0.05, 0) is 79.5 Å². The summed E-state index contributed by atoms with van der Waals surface area (Å²) in [6, 6.07) is 11.2. The first-order chi connectivity index (χ1) is 16.5. The second-order valence-electron chi connectivity index (χ2n) is 10.7. The molecule has 2 aliphatic heterocycles. The number of benzene rings is 2. The first kappa shape index (κ1) is 20.5. The Hall–Kier alpha value is -2.83. The van der Waals surface area contributed by atoms with Crippen LogP contribution < -0.4 is 4.74 Å². The van der Waals surface area contributed by atoms with Crippen molar-refractivity contribution in [2.75, 3.05) is 20.2 Å². The van der Waals surface area contributed by atoms with Crippen LogP contribution in [0.25, 0.3) is 5.57 Å². The first-order valence-corrected chi connectivity index (χ1v) is 12.3. The van der Waals surface area contributed by atoms with Gasteiger partial charge in [0, 0.05) is 18.2 Å². The topological polar surface area (TPSA) is 79.2 Å². The molecule has 0 aromatic heterocycles. The maximum absolute atomic E-state index is 12.5. The normalized spacial score (nSPS) is 33.1. The summed E-state index contributed by atoms with van der Waals surface area (Å²) in [5.74, 6) is 1.07. The van der Waals surface area contributed by atoms with Gasteiger partial charge in [0.1, 0.15) is 6.10 Å². The Balaban J connectivity index is 1.37. The number of hydrogen-bond donors (Lipinski definition) is 2. The predicted molar refractivity (Wildman–Crippen MR) is 126 cm³/mol. The van der Waals surface area contributed by atoms with Crippen molar-refractivity contribution in [1.29, 1.82) is 0 Å². The predicted octanol–water partition coefficient (Wildman–Crippen LogP) is 3.44. The van der Waals surface area contributed by atoms with Crippen LogP contribution >= 0.6 is 0 Å². The van der Waals surface area contributed by atoms with E-state index in [-0.39, 0.29) is 23.9 Å². The highest BCUT2D eigenvalue weighted by molar-refractivity contribution is 5.90. The van der Waals surface area contributed by atoms with Crippen molar-refractivity contribution in [2.24, 2.45) is 5.92 Å². The van der Waals surface area contributed by atoms with Crippen LogP contribution in [0.15, 0.2) is 42.5 Å². The van der Waals surface area contributed by atoms with Crippen LogP contribution in [0.4, 0.5) is 0 Å². The van der Waals surface area contributed by atoms with Crippen LogP contribution in [0.3, 0.4) is 0 Å². The lowest BCUT2D eigenvalue weighted by Gasteiger charge is -2.62. The molecule has 1 saturated carbocycles. The van der Waals surface area contributed by atoms with Gasteiger partial charge in [-0.15, -0.1) is 0 Å². The molecule has 2 N–H and O–H groups in total. The second-order valence-corrected chi connectivity index (χ2v) is 10.7. The summed E-state index contributed by atoms with van der Waals surface area (Å²) < 4.78 is 11.4. The van der Waals surface area contributed by atoms with Gasteiger partial charge in [0.05, 0.1) is 23.7 Å². The molecule has 3 aliphatic carbocycles. The smallest absolute Gasteiger partial charge is 0.337 e. The summed E-state index contributed by atoms with van der Waals surface area (Å²) in [5, 5.41) is 23.3. The number of piperidine rings is 1. The zero-order valence-corrected chi connectivity index (χ0v) is 19.3. The molecule has 2 fully saturated rings. The van der Waals surface area contributed by atoms with Gasteiger partial charge >= 0.3 is 5.97 Å². The van der Waals surface area contributed by atoms with E-state index >= 15 is 0 Å². The molecule has 34 heavy (non-hydrogen) atoms. The molecule has 2 heterocycles. The van der Waals surface area contributed by atoms with Gasteiger partial charge in [0.25, 0.3) is 0 Å². The highest BCUT2D eigenvalue weighted by Gasteiger charge is 2.71. The standard InChI is InChI=1S/C28H29NO5/c1-33-26(31)18-6-4-17(5-7-18)20-10-11-28(32)22-14-19-8-9-21(30)24-23(19)27(28,25(20)34-24)12-13-29(22)15-16-2-3-16/h4-10,16,22,25,30,32H,2-3,11-15H2,1H3/t22-,25+,27+,28-/m1/s1. The van der Waals surface area contributed by atoms with Crippen LogP contribution in [-0.4, -0.2) is 59.0 Å². The fourth-order valence-electron chi connectivity index (χ4n) is 7.29. The molecule has 1 spiro atoms. The number of phenolic OH excluding ortho intramolecular Hbond substituents is 1. The van der Waals surface area contributed by atoms with Gasteiger partial charge in [0.15, 0.2) is 11.5 Å². The molecule has 0 radical (unpaired) electrons. The second kappa shape index (κ2) is 6.86. The van der Waals surface area contributed by atoms with Crippen molar-refractivity contribution in [3.8, 4) is 11.5 Å². The lowest BCUT2D eigenvalue weighted by molar-refractivity contribution is -0.159. The Morgan fingerprint density at radius 2 is 2.00 bits per heavy atom. The van der Waals surface area contributed by atoms with Crippen molar-refractivity contribution in [1.82, 2.24) is 4.90 Å². The average molecular weight is 460 g/mol. The molecule has 2 aromatic rings. The minimum atomic E-state index is -0.952. The van der Waals surface area contributed by atoms with E-state index in [2.05, 4.69) is 11.0 Å². The number of ether oxygens (including phenoxy) is 2. The number of carbonyl (C=O) groups excluding carboxylic acids is 1. The summed E-state index contributed by atoms with van der Waals surface area (Å²) in [6.07, 6.45) is 6.43. The van der Waals surface area contributed by atoms with Crippen molar-refractivity contribution in [3.63, 3.8) is 0 Å². The summed E-state index contributed by atoms with van der Waals surface area (Å²) >= 11 is 0. The van der Waals surface area contributed by atoms with Gasteiger partial charge in [-0.2, -0.15) is 0 Å². The molecule has 5 aliphatic rings. The fraction of sp³-hybridized carbons (Fsp3) is 0.464. The Bertz CT molecular complexity index is 1230. The van der Waals surface area contributed by atoms with Crippen molar-refractivity contribution >= 4 is 11.5 Å². The number of esters is 1. The molecular formula is C28H29NO5. The summed E-state index contributed by atoms with van der Waals surface area (Å²) in [5.41, 5.74) is 3.13. The summed E-state index contributed by atoms with van der Waals surface area (Å²) in [4.78, 5) is 14.5. The number of hydrogen-bond acceptors (Lipinski definition) is 6. The van der Waals surface area contributed by atoms with E-state index in [0.717, 1.165) is 48.5 Å². The third-order valence-electron chi connectivity index (χ3n) is 9.07. The van der Waals surface area contributed by atoms with Gasteiger partial charge in [-0.1, -0.05) is 24.3 Å². The summed E-state index contributed by atoms with van der Waals surface area (Å²) in [6.45, 7) is 1.98. The Morgan fingerprint density at radius 1 is 1.21 bits per heavy atom. The molecule has 6 heteroatoms. The lowest BCUT2D eigenvalue weighted by atomic mass is 9.49. The fourth-order valence-corrected chi connectivity index (χ4v) is 7.29. The molecule has 6 nitrogen and oxygen atoms in total. The number of aliphatic hydroxyl groups is 1. The van der Waals surface area contributed by atoms with Crippen LogP contribution in [-0.2, 0) is 16.6 Å². The zero-order chi connectivity index (χ0) is 23.2. The van der Waals surface area contributed by atoms with E-state index < -0.39 is 11.0 Å². The minimum absolute atomic E-state index is 0.0374. The monoisotopic (exact) mass is 459 g/mol. The minimum Gasteiger partial charge on any atom is -0.504 e. The first-order valence-electron chi connectivity index (χ1n) is 12.3. The Labute approximate surface area is 198 Å². The molecule has 7 rings (SSSR count). The molecule has 4 atom stereocenters. The number of phenols is 1. The van der Waals surface area contributed by atoms with E-state index in [1.54, 1.807) is 18.2 Å². The van der Waals surface area contributed by atoms with Crippen LogP contribution in [0, 0.1) is 5.92 Å².